The molecule has 3 nitrogen and oxygen atoms in total. The summed E-state index contributed by atoms with van der Waals surface area (Å²) in [4.78, 5) is 4.36. The van der Waals surface area contributed by atoms with Crippen molar-refractivity contribution in [3.8, 4) is 0 Å². The molecule has 0 saturated heterocycles. The third-order valence-electron chi connectivity index (χ3n) is 3.12. The lowest BCUT2D eigenvalue weighted by Crippen LogP contribution is -2.08. The van der Waals surface area contributed by atoms with Gasteiger partial charge in [-0.05, 0) is 24.0 Å². The fraction of sp³-hybridized carbons (Fsp3) is 0.400. The summed E-state index contributed by atoms with van der Waals surface area (Å²) in [5, 5.41) is 3.42. The molecule has 0 saturated carbocycles. The van der Waals surface area contributed by atoms with Gasteiger partial charge in [0.1, 0.15) is 0 Å². The number of benzene rings is 1. The fourth-order valence-electron chi connectivity index (χ4n) is 2.15. The molecule has 1 N–H and O–H groups in total. The third kappa shape index (κ3) is 2.92. The highest BCUT2D eigenvalue weighted by atomic mass is 15.2. The molecule has 0 aliphatic heterocycles. The molecule has 1 aromatic carbocycles. The lowest BCUT2D eigenvalue weighted by atomic mass is 10.1. The maximum absolute atomic E-state index is 4.36. The Kier molecular flexibility index (Phi) is 4.40. The smallest absolute Gasteiger partial charge is 0.203 e. The first-order valence-corrected chi connectivity index (χ1v) is 6.67. The minimum atomic E-state index is 0.838. The van der Waals surface area contributed by atoms with Crippen molar-refractivity contribution in [2.75, 3.05) is 5.32 Å². The van der Waals surface area contributed by atoms with Gasteiger partial charge >= 0.3 is 0 Å². The van der Waals surface area contributed by atoms with Crippen LogP contribution in [0.4, 0.5) is 5.95 Å². The molecular weight excluding hydrogens is 222 g/mol. The molecule has 18 heavy (non-hydrogen) atoms. The first-order valence-electron chi connectivity index (χ1n) is 6.67. The van der Waals surface area contributed by atoms with Crippen molar-refractivity contribution in [3.63, 3.8) is 0 Å². The van der Waals surface area contributed by atoms with Crippen molar-refractivity contribution in [3.05, 3.63) is 47.8 Å². The van der Waals surface area contributed by atoms with Crippen LogP contribution in [0.2, 0.25) is 0 Å². The number of aryl methyl sites for hydroxylation is 2. The SMILES string of the molecule is CCCn1ccnc1NCc1ccccc1CC. The first-order chi connectivity index (χ1) is 8.85. The van der Waals surface area contributed by atoms with Gasteiger partial charge < -0.3 is 9.88 Å². The number of anilines is 1. The van der Waals surface area contributed by atoms with Crippen molar-refractivity contribution in [2.45, 2.75) is 39.8 Å². The standard InChI is InChI=1S/C15H21N3/c1-3-10-18-11-9-16-15(18)17-12-14-8-6-5-7-13(14)4-2/h5-9,11H,3-4,10,12H2,1-2H3,(H,16,17). The van der Waals surface area contributed by atoms with Crippen LogP contribution in [0.5, 0.6) is 0 Å². The van der Waals surface area contributed by atoms with E-state index in [1.807, 2.05) is 12.4 Å². The van der Waals surface area contributed by atoms with Crippen molar-refractivity contribution in [2.24, 2.45) is 0 Å². The Labute approximate surface area is 109 Å². The van der Waals surface area contributed by atoms with Gasteiger partial charge in [-0.25, -0.2) is 4.98 Å². The molecule has 0 aliphatic carbocycles. The molecule has 0 spiro atoms. The van der Waals surface area contributed by atoms with Gasteiger partial charge in [0, 0.05) is 25.5 Å². The van der Waals surface area contributed by atoms with Gasteiger partial charge in [-0.2, -0.15) is 0 Å². The number of rotatable bonds is 6. The van der Waals surface area contributed by atoms with E-state index in [0.29, 0.717) is 0 Å². The maximum atomic E-state index is 4.36. The molecule has 0 unspecified atom stereocenters. The molecule has 1 aromatic heterocycles. The number of nitrogens with one attached hydrogen (secondary N) is 1. The van der Waals surface area contributed by atoms with E-state index >= 15 is 0 Å². The van der Waals surface area contributed by atoms with Crippen LogP contribution in [-0.2, 0) is 19.5 Å². The fourth-order valence-corrected chi connectivity index (χ4v) is 2.15. The van der Waals surface area contributed by atoms with E-state index < -0.39 is 0 Å². The molecular formula is C15H21N3. The number of nitrogens with zero attached hydrogens (tertiary/aromatic N) is 2. The van der Waals surface area contributed by atoms with Crippen LogP contribution in [-0.4, -0.2) is 9.55 Å². The van der Waals surface area contributed by atoms with Gasteiger partial charge in [-0.3, -0.25) is 0 Å². The second-order valence-electron chi connectivity index (χ2n) is 4.42. The van der Waals surface area contributed by atoms with Gasteiger partial charge in [-0.1, -0.05) is 38.1 Å². The highest BCUT2D eigenvalue weighted by Gasteiger charge is 2.03. The van der Waals surface area contributed by atoms with Crippen LogP contribution in [0.1, 0.15) is 31.4 Å². The lowest BCUT2D eigenvalue weighted by Gasteiger charge is -2.11. The van der Waals surface area contributed by atoms with Crippen LogP contribution in [0.25, 0.3) is 0 Å². The van der Waals surface area contributed by atoms with E-state index in [9.17, 15) is 0 Å². The van der Waals surface area contributed by atoms with Crippen molar-refractivity contribution >= 4 is 5.95 Å². The van der Waals surface area contributed by atoms with Crippen molar-refractivity contribution in [1.82, 2.24) is 9.55 Å². The molecule has 0 amide bonds. The highest BCUT2D eigenvalue weighted by molar-refractivity contribution is 5.33. The van der Waals surface area contributed by atoms with E-state index in [1.165, 1.54) is 11.1 Å². The molecule has 1 heterocycles. The minimum absolute atomic E-state index is 0.838. The summed E-state index contributed by atoms with van der Waals surface area (Å²) < 4.78 is 2.16. The largest absolute Gasteiger partial charge is 0.352 e. The number of imidazole rings is 1. The Morgan fingerprint density at radius 3 is 2.67 bits per heavy atom. The summed E-state index contributed by atoms with van der Waals surface area (Å²) in [5.74, 6) is 0.961. The summed E-state index contributed by atoms with van der Waals surface area (Å²) in [6.07, 6.45) is 6.07. The van der Waals surface area contributed by atoms with Crippen LogP contribution >= 0.6 is 0 Å². The van der Waals surface area contributed by atoms with Crippen LogP contribution in [0, 0.1) is 0 Å². The van der Waals surface area contributed by atoms with Gasteiger partial charge in [0.05, 0.1) is 0 Å². The van der Waals surface area contributed by atoms with E-state index in [4.69, 9.17) is 0 Å². The van der Waals surface area contributed by atoms with Crippen LogP contribution in [0.15, 0.2) is 36.7 Å². The number of aromatic nitrogens is 2. The molecule has 2 aromatic rings. The Balaban J connectivity index is 2.04. The summed E-state index contributed by atoms with van der Waals surface area (Å²) in [6.45, 7) is 6.22. The average Bonchev–Trinajstić information content (AvgIpc) is 2.84. The zero-order chi connectivity index (χ0) is 12.8. The quantitative estimate of drug-likeness (QED) is 0.842. The van der Waals surface area contributed by atoms with Gasteiger partial charge in [0.25, 0.3) is 0 Å². The van der Waals surface area contributed by atoms with Crippen LogP contribution < -0.4 is 5.32 Å². The zero-order valence-electron chi connectivity index (χ0n) is 11.2. The van der Waals surface area contributed by atoms with E-state index in [2.05, 4.69) is 53.0 Å². The van der Waals surface area contributed by atoms with Crippen LogP contribution in [0.3, 0.4) is 0 Å². The highest BCUT2D eigenvalue weighted by Crippen LogP contribution is 2.12. The predicted molar refractivity (Wildman–Crippen MR) is 75.7 cm³/mol. The molecule has 0 aliphatic rings. The topological polar surface area (TPSA) is 29.9 Å². The second-order valence-corrected chi connectivity index (χ2v) is 4.42. The first kappa shape index (κ1) is 12.7. The Bertz CT molecular complexity index is 488. The Hall–Kier alpha value is -1.77. The Morgan fingerprint density at radius 1 is 1.17 bits per heavy atom. The van der Waals surface area contributed by atoms with Crippen molar-refractivity contribution in [1.29, 1.82) is 0 Å². The molecule has 3 heteroatoms. The average molecular weight is 243 g/mol. The predicted octanol–water partition coefficient (Wildman–Crippen LogP) is 3.47. The summed E-state index contributed by atoms with van der Waals surface area (Å²) in [5.41, 5.74) is 2.75. The lowest BCUT2D eigenvalue weighted by molar-refractivity contribution is 0.682. The molecule has 0 bridgehead atoms. The Morgan fingerprint density at radius 2 is 1.94 bits per heavy atom. The summed E-state index contributed by atoms with van der Waals surface area (Å²) in [7, 11) is 0. The summed E-state index contributed by atoms with van der Waals surface area (Å²) >= 11 is 0. The second kappa shape index (κ2) is 6.24. The molecule has 2 rings (SSSR count). The zero-order valence-corrected chi connectivity index (χ0v) is 11.2. The normalized spacial score (nSPS) is 10.6. The summed E-state index contributed by atoms with van der Waals surface area (Å²) in [6, 6.07) is 8.56. The number of hydrogen-bond donors (Lipinski definition) is 1. The van der Waals surface area contributed by atoms with E-state index in [0.717, 1.165) is 31.9 Å². The number of hydrogen-bond acceptors (Lipinski definition) is 2. The van der Waals surface area contributed by atoms with E-state index in [-0.39, 0.29) is 0 Å². The molecule has 96 valence electrons. The molecule has 0 atom stereocenters. The maximum Gasteiger partial charge on any atom is 0.203 e. The van der Waals surface area contributed by atoms with Crippen molar-refractivity contribution < 1.29 is 0 Å². The van der Waals surface area contributed by atoms with Gasteiger partial charge in [0.2, 0.25) is 5.95 Å². The monoisotopic (exact) mass is 243 g/mol. The molecule has 0 fully saturated rings. The van der Waals surface area contributed by atoms with E-state index in [1.54, 1.807) is 0 Å². The third-order valence-corrected chi connectivity index (χ3v) is 3.12. The molecule has 0 radical (unpaired) electrons. The van der Waals surface area contributed by atoms with Gasteiger partial charge in [-0.15, -0.1) is 0 Å². The minimum Gasteiger partial charge on any atom is -0.352 e. The van der Waals surface area contributed by atoms with Gasteiger partial charge in [0.15, 0.2) is 0 Å².